The van der Waals surface area contributed by atoms with E-state index >= 15 is 0 Å². The van der Waals surface area contributed by atoms with E-state index in [2.05, 4.69) is 45.7 Å². The van der Waals surface area contributed by atoms with Gasteiger partial charge in [0.15, 0.2) is 5.96 Å². The average Bonchev–Trinajstić information content (AvgIpc) is 3.11. The zero-order valence-corrected chi connectivity index (χ0v) is 14.6. The Morgan fingerprint density at radius 2 is 2.12 bits per heavy atom. The highest BCUT2D eigenvalue weighted by atomic mass is 15.2. The number of aliphatic imine (C=N–C) groups is 1. The lowest BCUT2D eigenvalue weighted by molar-refractivity contribution is 0.131. The van der Waals surface area contributed by atoms with Crippen LogP contribution in [-0.2, 0) is 6.54 Å². The summed E-state index contributed by atoms with van der Waals surface area (Å²) in [5, 5.41) is 6.95. The van der Waals surface area contributed by atoms with E-state index < -0.39 is 0 Å². The molecule has 0 aliphatic heterocycles. The fraction of sp³-hybridized carbons (Fsp3) is 0.474. The number of para-hydroxylation sites is 1. The van der Waals surface area contributed by atoms with Crippen molar-refractivity contribution < 1.29 is 0 Å². The summed E-state index contributed by atoms with van der Waals surface area (Å²) in [6, 6.07) is 8.35. The molecule has 1 heterocycles. The zero-order chi connectivity index (χ0) is 16.8. The van der Waals surface area contributed by atoms with Gasteiger partial charge in [0, 0.05) is 32.5 Å². The Hall–Kier alpha value is -2.30. The average molecular weight is 325 g/mol. The van der Waals surface area contributed by atoms with Gasteiger partial charge in [-0.3, -0.25) is 4.99 Å². The highest BCUT2D eigenvalue weighted by molar-refractivity contribution is 5.79. The number of nitrogens with zero attached hydrogens (tertiary/aromatic N) is 3. The van der Waals surface area contributed by atoms with Gasteiger partial charge in [-0.05, 0) is 36.3 Å². The molecule has 1 aromatic carbocycles. The summed E-state index contributed by atoms with van der Waals surface area (Å²) < 4.78 is 2.04. The molecule has 5 heteroatoms. The summed E-state index contributed by atoms with van der Waals surface area (Å²) in [7, 11) is 1.83. The molecule has 128 valence electrons. The molecule has 24 heavy (non-hydrogen) atoms. The largest absolute Gasteiger partial charge is 0.356 e. The maximum atomic E-state index is 4.37. The Morgan fingerprint density at radius 3 is 2.75 bits per heavy atom. The highest BCUT2D eigenvalue weighted by Crippen LogP contribution is 2.42. The quantitative estimate of drug-likeness (QED) is 0.634. The van der Waals surface area contributed by atoms with Crippen LogP contribution in [0.25, 0.3) is 5.69 Å². The molecule has 3 rings (SSSR count). The summed E-state index contributed by atoms with van der Waals surface area (Å²) >= 11 is 0. The number of imidazole rings is 1. The van der Waals surface area contributed by atoms with E-state index in [1.54, 1.807) is 6.20 Å². The Labute approximate surface area is 144 Å². The topological polar surface area (TPSA) is 54.2 Å². The molecule has 0 bridgehead atoms. The van der Waals surface area contributed by atoms with E-state index in [9.17, 15) is 0 Å². The third-order valence-corrected chi connectivity index (χ3v) is 5.24. The molecule has 0 amide bonds. The van der Waals surface area contributed by atoms with Crippen LogP contribution >= 0.6 is 0 Å². The number of nitrogens with one attached hydrogen (secondary N) is 2. The first kappa shape index (κ1) is 16.6. The molecule has 0 saturated heterocycles. The number of aromatic nitrogens is 2. The van der Waals surface area contributed by atoms with Gasteiger partial charge >= 0.3 is 0 Å². The second-order valence-electron chi connectivity index (χ2n) is 6.59. The van der Waals surface area contributed by atoms with E-state index in [-0.39, 0.29) is 0 Å². The molecule has 1 aliphatic rings. The molecule has 0 unspecified atom stereocenters. The minimum atomic E-state index is 0.479. The molecule has 1 fully saturated rings. The van der Waals surface area contributed by atoms with Crippen LogP contribution in [0.15, 0.2) is 48.0 Å². The molecule has 1 saturated carbocycles. The second-order valence-corrected chi connectivity index (χ2v) is 6.59. The van der Waals surface area contributed by atoms with Gasteiger partial charge < -0.3 is 15.2 Å². The SMILES string of the molecule is CCC1(CNC(=NC)NCc2ccccc2-n2ccnc2)CCC1. The summed E-state index contributed by atoms with van der Waals surface area (Å²) in [6.45, 7) is 4.03. The number of guanidine groups is 1. The number of rotatable bonds is 6. The molecular formula is C19H27N5. The zero-order valence-electron chi connectivity index (χ0n) is 14.6. The predicted octanol–water partition coefficient (Wildman–Crippen LogP) is 3.12. The van der Waals surface area contributed by atoms with Gasteiger partial charge in [0.25, 0.3) is 0 Å². The van der Waals surface area contributed by atoms with Crippen molar-refractivity contribution in [1.82, 2.24) is 20.2 Å². The Morgan fingerprint density at radius 1 is 1.29 bits per heavy atom. The fourth-order valence-corrected chi connectivity index (χ4v) is 3.32. The lowest BCUT2D eigenvalue weighted by atomic mass is 9.67. The van der Waals surface area contributed by atoms with Gasteiger partial charge in [-0.1, -0.05) is 31.5 Å². The van der Waals surface area contributed by atoms with Crippen molar-refractivity contribution in [2.24, 2.45) is 10.4 Å². The summed E-state index contributed by atoms with van der Waals surface area (Å²) in [5.41, 5.74) is 2.83. The van der Waals surface area contributed by atoms with Crippen molar-refractivity contribution in [3.05, 3.63) is 48.5 Å². The van der Waals surface area contributed by atoms with Crippen LogP contribution in [0.4, 0.5) is 0 Å². The van der Waals surface area contributed by atoms with Gasteiger partial charge in [-0.2, -0.15) is 0 Å². The van der Waals surface area contributed by atoms with Crippen LogP contribution < -0.4 is 10.6 Å². The van der Waals surface area contributed by atoms with Gasteiger partial charge in [0.05, 0.1) is 12.0 Å². The Kier molecular flexibility index (Phi) is 5.18. The molecule has 1 aromatic heterocycles. The molecular weight excluding hydrogens is 298 g/mol. The van der Waals surface area contributed by atoms with Crippen molar-refractivity contribution >= 4 is 5.96 Å². The molecule has 1 aliphatic carbocycles. The van der Waals surface area contributed by atoms with Gasteiger partial charge in [0.2, 0.25) is 0 Å². The first-order valence-corrected chi connectivity index (χ1v) is 8.77. The van der Waals surface area contributed by atoms with Crippen LogP contribution in [0.5, 0.6) is 0 Å². The lowest BCUT2D eigenvalue weighted by Gasteiger charge is -2.41. The number of hydrogen-bond donors (Lipinski definition) is 2. The normalized spacial score (nSPS) is 16.5. The molecule has 0 radical (unpaired) electrons. The van der Waals surface area contributed by atoms with Crippen LogP contribution in [0.3, 0.4) is 0 Å². The predicted molar refractivity (Wildman–Crippen MR) is 98.3 cm³/mol. The maximum absolute atomic E-state index is 4.37. The number of hydrogen-bond acceptors (Lipinski definition) is 2. The molecule has 0 spiro atoms. The molecule has 2 N–H and O–H groups in total. The van der Waals surface area contributed by atoms with Crippen LogP contribution in [0, 0.1) is 5.41 Å². The first-order chi connectivity index (χ1) is 11.8. The van der Waals surface area contributed by atoms with Crippen molar-refractivity contribution in [2.75, 3.05) is 13.6 Å². The summed E-state index contributed by atoms with van der Waals surface area (Å²) in [6.07, 6.45) is 10.8. The van der Waals surface area contributed by atoms with Crippen molar-refractivity contribution in [2.45, 2.75) is 39.2 Å². The van der Waals surface area contributed by atoms with Crippen LogP contribution in [-0.4, -0.2) is 29.1 Å². The maximum Gasteiger partial charge on any atom is 0.191 e. The minimum Gasteiger partial charge on any atom is -0.356 e. The first-order valence-electron chi connectivity index (χ1n) is 8.77. The van der Waals surface area contributed by atoms with Crippen molar-refractivity contribution in [1.29, 1.82) is 0 Å². The van der Waals surface area contributed by atoms with Crippen LogP contribution in [0.1, 0.15) is 38.2 Å². The number of benzene rings is 1. The highest BCUT2D eigenvalue weighted by Gasteiger charge is 2.34. The van der Waals surface area contributed by atoms with Gasteiger partial charge in [-0.25, -0.2) is 4.98 Å². The Balaban J connectivity index is 1.60. The lowest BCUT2D eigenvalue weighted by Crippen LogP contribution is -2.46. The second kappa shape index (κ2) is 7.51. The van der Waals surface area contributed by atoms with Gasteiger partial charge in [0.1, 0.15) is 0 Å². The standard InChI is InChI=1S/C19H27N5/c1-3-19(9-6-10-19)14-23-18(20-2)22-13-16-7-4-5-8-17(16)24-12-11-21-15-24/h4-5,7-8,11-12,15H,3,6,9-10,13-14H2,1-2H3,(H2,20,22,23). The molecule has 2 aromatic rings. The van der Waals surface area contributed by atoms with E-state index in [4.69, 9.17) is 0 Å². The van der Waals surface area contributed by atoms with E-state index in [1.807, 2.05) is 30.2 Å². The minimum absolute atomic E-state index is 0.479. The van der Waals surface area contributed by atoms with Crippen molar-refractivity contribution in [3.63, 3.8) is 0 Å². The summed E-state index contributed by atoms with van der Waals surface area (Å²) in [4.78, 5) is 8.51. The third-order valence-electron chi connectivity index (χ3n) is 5.24. The smallest absolute Gasteiger partial charge is 0.191 e. The third kappa shape index (κ3) is 3.61. The van der Waals surface area contributed by atoms with E-state index in [0.29, 0.717) is 5.41 Å². The van der Waals surface area contributed by atoms with Crippen LogP contribution in [0.2, 0.25) is 0 Å². The molecule has 0 atom stereocenters. The Bertz CT molecular complexity index is 665. The van der Waals surface area contributed by atoms with Crippen molar-refractivity contribution in [3.8, 4) is 5.69 Å². The summed E-state index contributed by atoms with van der Waals surface area (Å²) in [5.74, 6) is 0.871. The monoisotopic (exact) mass is 325 g/mol. The van der Waals surface area contributed by atoms with E-state index in [1.165, 1.54) is 31.2 Å². The fourth-order valence-electron chi connectivity index (χ4n) is 3.32. The van der Waals surface area contributed by atoms with E-state index in [0.717, 1.165) is 24.7 Å². The van der Waals surface area contributed by atoms with Gasteiger partial charge in [-0.15, -0.1) is 0 Å². The molecule has 5 nitrogen and oxygen atoms in total.